The Morgan fingerprint density at radius 1 is 0.377 bits per heavy atom. The average molecular weight is 677 g/mol. The monoisotopic (exact) mass is 676 g/mol. The molecule has 0 radical (unpaired) electrons. The second kappa shape index (κ2) is 11.7. The SMILES string of the molecule is c1ccc(N(c2ccccc2)c2ccc(-n3c4ccccc4c4c(-c5cc6ccccc6c6ccccc56)c5c(cc43)oc3ccccc35)cc2)cc1. The minimum absolute atomic E-state index is 0.881. The van der Waals surface area contributed by atoms with Gasteiger partial charge in [-0.1, -0.05) is 121 Å². The van der Waals surface area contributed by atoms with E-state index in [2.05, 4.69) is 204 Å². The van der Waals surface area contributed by atoms with Crippen molar-refractivity contribution in [3.63, 3.8) is 0 Å². The van der Waals surface area contributed by atoms with Gasteiger partial charge in [-0.2, -0.15) is 0 Å². The summed E-state index contributed by atoms with van der Waals surface area (Å²) in [6.45, 7) is 0. The number of nitrogens with zero attached hydrogens (tertiary/aromatic N) is 2. The summed E-state index contributed by atoms with van der Waals surface area (Å²) in [4.78, 5) is 2.30. The molecule has 0 saturated heterocycles. The van der Waals surface area contributed by atoms with Crippen LogP contribution in [0.15, 0.2) is 199 Å². The number of aromatic nitrogens is 1. The smallest absolute Gasteiger partial charge is 0.138 e. The van der Waals surface area contributed by atoms with Crippen molar-refractivity contribution in [3.05, 3.63) is 194 Å². The molecule has 0 atom stereocenters. The van der Waals surface area contributed by atoms with E-state index >= 15 is 0 Å². The van der Waals surface area contributed by atoms with Crippen molar-refractivity contribution in [2.75, 3.05) is 4.90 Å². The third kappa shape index (κ3) is 4.54. The molecule has 248 valence electrons. The van der Waals surface area contributed by atoms with Gasteiger partial charge in [0.05, 0.1) is 11.0 Å². The highest BCUT2D eigenvalue weighted by Crippen LogP contribution is 2.49. The molecule has 2 heterocycles. The van der Waals surface area contributed by atoms with Crippen LogP contribution in [0, 0.1) is 0 Å². The lowest BCUT2D eigenvalue weighted by Crippen LogP contribution is -2.09. The molecule has 0 spiro atoms. The van der Waals surface area contributed by atoms with E-state index in [-0.39, 0.29) is 0 Å². The van der Waals surface area contributed by atoms with Gasteiger partial charge in [-0.05, 0) is 93.8 Å². The molecule has 0 saturated carbocycles. The molecule has 0 fully saturated rings. The van der Waals surface area contributed by atoms with Crippen molar-refractivity contribution in [2.24, 2.45) is 0 Å². The minimum atomic E-state index is 0.881. The van der Waals surface area contributed by atoms with Crippen molar-refractivity contribution < 1.29 is 4.42 Å². The number of para-hydroxylation sites is 4. The molecule has 0 aliphatic carbocycles. The lowest BCUT2D eigenvalue weighted by molar-refractivity contribution is 0.669. The molecule has 3 nitrogen and oxygen atoms in total. The third-order valence-corrected chi connectivity index (χ3v) is 10.7. The molecule has 0 aliphatic heterocycles. The summed E-state index contributed by atoms with van der Waals surface area (Å²) >= 11 is 0. The Bertz CT molecular complexity index is 3120. The molecule has 11 aromatic rings. The Balaban J connectivity index is 1.22. The Labute approximate surface area is 306 Å². The van der Waals surface area contributed by atoms with Gasteiger partial charge in [0, 0.05) is 55.9 Å². The molecular weight excluding hydrogens is 645 g/mol. The average Bonchev–Trinajstić information content (AvgIpc) is 3.76. The first-order valence-electron chi connectivity index (χ1n) is 18.1. The number of furan rings is 1. The highest BCUT2D eigenvalue weighted by atomic mass is 16.3. The van der Waals surface area contributed by atoms with Crippen LogP contribution in [0.3, 0.4) is 0 Å². The molecule has 3 heteroatoms. The maximum Gasteiger partial charge on any atom is 0.138 e. The summed E-state index contributed by atoms with van der Waals surface area (Å²) in [5.41, 5.74) is 10.9. The van der Waals surface area contributed by atoms with Crippen LogP contribution < -0.4 is 4.90 Å². The van der Waals surface area contributed by atoms with Crippen LogP contribution in [0.5, 0.6) is 0 Å². The van der Waals surface area contributed by atoms with Crippen LogP contribution in [0.2, 0.25) is 0 Å². The van der Waals surface area contributed by atoms with Crippen LogP contribution in [-0.4, -0.2) is 4.57 Å². The standard InChI is InChI=1S/C50H32N2O/c1-3-16-34(17-4-1)51(35-18-5-2-6-19-35)36-27-29-37(30-28-36)52-44-25-13-11-23-41(44)48-45(52)32-47-49(42-24-12-14-26-46(42)53-47)50(48)43-31-33-15-7-8-20-38(33)39-21-9-10-22-40(39)43/h1-32H. The lowest BCUT2D eigenvalue weighted by Gasteiger charge is -2.25. The van der Waals surface area contributed by atoms with Gasteiger partial charge < -0.3 is 13.9 Å². The quantitative estimate of drug-likeness (QED) is 0.169. The fraction of sp³-hybridized carbons (Fsp3) is 0. The van der Waals surface area contributed by atoms with Crippen molar-refractivity contribution in [3.8, 4) is 16.8 Å². The van der Waals surface area contributed by atoms with Gasteiger partial charge >= 0.3 is 0 Å². The van der Waals surface area contributed by atoms with E-state index in [1.807, 2.05) is 0 Å². The number of rotatable bonds is 5. The normalized spacial score (nSPS) is 11.8. The maximum absolute atomic E-state index is 6.74. The first-order valence-corrected chi connectivity index (χ1v) is 18.1. The Kier molecular flexibility index (Phi) is 6.55. The van der Waals surface area contributed by atoms with E-state index in [0.29, 0.717) is 0 Å². The second-order valence-electron chi connectivity index (χ2n) is 13.7. The predicted molar refractivity (Wildman–Crippen MR) is 223 cm³/mol. The largest absolute Gasteiger partial charge is 0.456 e. The van der Waals surface area contributed by atoms with Crippen molar-refractivity contribution >= 4 is 82.4 Å². The van der Waals surface area contributed by atoms with Crippen molar-refractivity contribution in [2.45, 2.75) is 0 Å². The third-order valence-electron chi connectivity index (χ3n) is 10.7. The summed E-state index contributed by atoms with van der Waals surface area (Å²) in [5.74, 6) is 0. The van der Waals surface area contributed by atoms with E-state index in [9.17, 15) is 0 Å². The molecule has 0 aliphatic rings. The molecule has 0 amide bonds. The number of hydrogen-bond acceptors (Lipinski definition) is 2. The van der Waals surface area contributed by atoms with Crippen LogP contribution in [0.1, 0.15) is 0 Å². The van der Waals surface area contributed by atoms with Gasteiger partial charge in [0.25, 0.3) is 0 Å². The topological polar surface area (TPSA) is 21.3 Å². The predicted octanol–water partition coefficient (Wildman–Crippen LogP) is 14.1. The zero-order chi connectivity index (χ0) is 34.9. The molecule has 53 heavy (non-hydrogen) atoms. The molecule has 2 aromatic heterocycles. The van der Waals surface area contributed by atoms with Crippen LogP contribution in [0.4, 0.5) is 17.1 Å². The molecule has 11 rings (SSSR count). The Morgan fingerprint density at radius 3 is 1.68 bits per heavy atom. The fourth-order valence-corrected chi connectivity index (χ4v) is 8.49. The van der Waals surface area contributed by atoms with Crippen molar-refractivity contribution in [1.29, 1.82) is 0 Å². The Hall–Kier alpha value is -7.10. The van der Waals surface area contributed by atoms with Gasteiger partial charge in [0.15, 0.2) is 0 Å². The number of fused-ring (bicyclic) bond motifs is 9. The first kappa shape index (κ1) is 29.6. The summed E-state index contributed by atoms with van der Waals surface area (Å²) in [5, 5.41) is 9.66. The van der Waals surface area contributed by atoms with E-state index in [0.717, 1.165) is 55.7 Å². The van der Waals surface area contributed by atoms with Gasteiger partial charge in [-0.3, -0.25) is 0 Å². The summed E-state index contributed by atoms with van der Waals surface area (Å²) in [6, 6.07) is 69.5. The zero-order valence-electron chi connectivity index (χ0n) is 28.8. The van der Waals surface area contributed by atoms with Gasteiger partial charge in [0.1, 0.15) is 11.2 Å². The summed E-state index contributed by atoms with van der Waals surface area (Å²) in [7, 11) is 0. The fourth-order valence-electron chi connectivity index (χ4n) is 8.49. The number of anilines is 3. The van der Waals surface area contributed by atoms with Crippen LogP contribution in [0.25, 0.3) is 82.1 Å². The number of benzene rings is 9. The van der Waals surface area contributed by atoms with Crippen molar-refractivity contribution in [1.82, 2.24) is 4.57 Å². The molecule has 0 N–H and O–H groups in total. The highest BCUT2D eigenvalue weighted by molar-refractivity contribution is 6.30. The minimum Gasteiger partial charge on any atom is -0.456 e. The highest BCUT2D eigenvalue weighted by Gasteiger charge is 2.24. The van der Waals surface area contributed by atoms with E-state index in [1.165, 1.54) is 43.4 Å². The van der Waals surface area contributed by atoms with E-state index in [4.69, 9.17) is 4.42 Å². The van der Waals surface area contributed by atoms with Crippen LogP contribution in [-0.2, 0) is 0 Å². The molecule has 0 bridgehead atoms. The number of hydrogen-bond donors (Lipinski definition) is 0. The summed E-state index contributed by atoms with van der Waals surface area (Å²) in [6.07, 6.45) is 0. The molecular formula is C50H32N2O. The van der Waals surface area contributed by atoms with E-state index < -0.39 is 0 Å². The second-order valence-corrected chi connectivity index (χ2v) is 13.7. The van der Waals surface area contributed by atoms with E-state index in [1.54, 1.807) is 0 Å². The Morgan fingerprint density at radius 2 is 0.943 bits per heavy atom. The van der Waals surface area contributed by atoms with Crippen LogP contribution >= 0.6 is 0 Å². The van der Waals surface area contributed by atoms with Gasteiger partial charge in [-0.25, -0.2) is 0 Å². The molecule has 0 unspecified atom stereocenters. The zero-order valence-corrected chi connectivity index (χ0v) is 28.8. The molecule has 9 aromatic carbocycles. The maximum atomic E-state index is 6.74. The van der Waals surface area contributed by atoms with Gasteiger partial charge in [0.2, 0.25) is 0 Å². The lowest BCUT2D eigenvalue weighted by atomic mass is 9.88. The summed E-state index contributed by atoms with van der Waals surface area (Å²) < 4.78 is 9.14. The first-order chi connectivity index (χ1) is 26.3. The van der Waals surface area contributed by atoms with Gasteiger partial charge in [-0.15, -0.1) is 0 Å².